The number of hydrogen-bond acceptors (Lipinski definition) is 4. The Bertz CT molecular complexity index is 1130. The first-order valence-electron chi connectivity index (χ1n) is 11.8. The first kappa shape index (κ1) is 23.5. The number of benzene rings is 1. The Morgan fingerprint density at radius 1 is 1.12 bits per heavy atom. The second kappa shape index (κ2) is 11.0. The van der Waals surface area contributed by atoms with Gasteiger partial charge in [0.1, 0.15) is 12.4 Å². The predicted octanol–water partition coefficient (Wildman–Crippen LogP) is 5.87. The highest BCUT2D eigenvalue weighted by Gasteiger charge is 2.26. The molecule has 1 aromatic carbocycles. The summed E-state index contributed by atoms with van der Waals surface area (Å²) >= 11 is 0. The van der Waals surface area contributed by atoms with Crippen LogP contribution in [0.15, 0.2) is 78.7 Å². The minimum absolute atomic E-state index is 0.124. The first-order chi connectivity index (χ1) is 16.5. The molecule has 0 amide bonds. The number of ketones is 1. The van der Waals surface area contributed by atoms with Crippen LogP contribution in [0.5, 0.6) is 0 Å². The summed E-state index contributed by atoms with van der Waals surface area (Å²) in [4.78, 5) is 23.9. The van der Waals surface area contributed by atoms with Crippen molar-refractivity contribution < 1.29 is 19.4 Å². The molecule has 4 rings (SSSR count). The molecule has 34 heavy (non-hydrogen) atoms. The van der Waals surface area contributed by atoms with Gasteiger partial charge >= 0.3 is 5.97 Å². The van der Waals surface area contributed by atoms with E-state index < -0.39 is 5.97 Å². The van der Waals surface area contributed by atoms with Gasteiger partial charge in [0.15, 0.2) is 5.78 Å². The number of carboxylic acids is 1. The number of nitrogens with one attached hydrogen (secondary N) is 1. The number of rotatable bonds is 9. The molecule has 2 aromatic rings. The number of aliphatic carboxylic acids is 1. The number of carboxylic acid groups (broad SMARTS) is 1. The highest BCUT2D eigenvalue weighted by atomic mass is 16.5. The molecule has 0 unspecified atom stereocenters. The highest BCUT2D eigenvalue weighted by Crippen LogP contribution is 2.32. The summed E-state index contributed by atoms with van der Waals surface area (Å²) in [6, 6.07) is 9.49. The zero-order chi connectivity index (χ0) is 23.9. The molecule has 176 valence electrons. The molecule has 1 saturated carbocycles. The quantitative estimate of drug-likeness (QED) is 0.458. The average Bonchev–Trinajstić information content (AvgIpc) is 3.32. The van der Waals surface area contributed by atoms with Crippen molar-refractivity contribution in [2.24, 2.45) is 11.8 Å². The van der Waals surface area contributed by atoms with Crippen LogP contribution < -0.4 is 0 Å². The molecule has 1 heterocycles. The maximum atomic E-state index is 12.8. The van der Waals surface area contributed by atoms with Crippen molar-refractivity contribution in [1.82, 2.24) is 10.2 Å². The smallest absolute Gasteiger partial charge is 0.306 e. The second-order valence-corrected chi connectivity index (χ2v) is 8.99. The van der Waals surface area contributed by atoms with Gasteiger partial charge < -0.3 is 9.84 Å². The fourth-order valence-electron chi connectivity index (χ4n) is 4.54. The summed E-state index contributed by atoms with van der Waals surface area (Å²) in [5, 5.41) is 16.1. The van der Waals surface area contributed by atoms with Crippen molar-refractivity contribution in [3.05, 3.63) is 95.6 Å². The number of aromatic nitrogens is 2. The Morgan fingerprint density at radius 2 is 1.94 bits per heavy atom. The fourth-order valence-corrected chi connectivity index (χ4v) is 4.54. The predicted molar refractivity (Wildman–Crippen MR) is 131 cm³/mol. The van der Waals surface area contributed by atoms with Gasteiger partial charge in [-0.05, 0) is 79.5 Å². The fraction of sp³-hybridized carbons (Fsp3) is 0.321. The maximum absolute atomic E-state index is 12.8. The van der Waals surface area contributed by atoms with Gasteiger partial charge in [-0.25, -0.2) is 0 Å². The van der Waals surface area contributed by atoms with E-state index in [9.17, 15) is 9.59 Å². The molecule has 1 aromatic heterocycles. The zero-order valence-corrected chi connectivity index (χ0v) is 19.2. The van der Waals surface area contributed by atoms with Crippen molar-refractivity contribution in [2.75, 3.05) is 0 Å². The molecule has 0 aliphatic heterocycles. The number of hydrogen-bond donors (Lipinski definition) is 2. The Morgan fingerprint density at radius 3 is 2.68 bits per heavy atom. The number of nitrogens with zero attached hydrogens (tertiary/aromatic N) is 1. The Labute approximate surface area is 199 Å². The summed E-state index contributed by atoms with van der Waals surface area (Å²) < 4.78 is 5.99. The number of carbonyl (C=O) groups excluding carboxylic acids is 1. The molecule has 0 atom stereocenters. The number of H-pyrrole nitrogens is 1. The van der Waals surface area contributed by atoms with Crippen LogP contribution in [0.4, 0.5) is 0 Å². The van der Waals surface area contributed by atoms with Crippen molar-refractivity contribution in [1.29, 1.82) is 0 Å². The third-order valence-corrected chi connectivity index (χ3v) is 6.63. The Kier molecular flexibility index (Phi) is 7.58. The van der Waals surface area contributed by atoms with Gasteiger partial charge in [0.2, 0.25) is 0 Å². The van der Waals surface area contributed by atoms with Crippen LogP contribution >= 0.6 is 0 Å². The summed E-state index contributed by atoms with van der Waals surface area (Å²) in [5.74, 6) is 0.369. The number of allylic oxidation sites excluding steroid dienone is 6. The van der Waals surface area contributed by atoms with Gasteiger partial charge in [0.25, 0.3) is 0 Å². The number of Topliss-reactive ketones (excluding diaryl/α,β-unsaturated/α-hetero) is 1. The molecule has 2 aliphatic carbocycles. The zero-order valence-electron chi connectivity index (χ0n) is 19.2. The van der Waals surface area contributed by atoms with E-state index >= 15 is 0 Å². The lowest BCUT2D eigenvalue weighted by Gasteiger charge is -2.25. The lowest BCUT2D eigenvalue weighted by atomic mass is 9.79. The highest BCUT2D eigenvalue weighted by molar-refractivity contribution is 5.96. The van der Waals surface area contributed by atoms with Crippen LogP contribution in [0.2, 0.25) is 0 Å². The van der Waals surface area contributed by atoms with Crippen molar-refractivity contribution in [2.45, 2.75) is 45.1 Å². The lowest BCUT2D eigenvalue weighted by Crippen LogP contribution is -2.21. The normalized spacial score (nSPS) is 20.3. The van der Waals surface area contributed by atoms with E-state index in [1.165, 1.54) is 0 Å². The van der Waals surface area contributed by atoms with Crippen LogP contribution in [0.3, 0.4) is 0 Å². The van der Waals surface area contributed by atoms with Gasteiger partial charge in [-0.3, -0.25) is 14.7 Å². The minimum atomic E-state index is -0.692. The van der Waals surface area contributed by atoms with E-state index in [-0.39, 0.29) is 11.7 Å². The molecule has 1 fully saturated rings. The molecule has 0 bridgehead atoms. The van der Waals surface area contributed by atoms with Crippen LogP contribution in [-0.4, -0.2) is 27.1 Å². The third-order valence-electron chi connectivity index (χ3n) is 6.63. The van der Waals surface area contributed by atoms with Crippen molar-refractivity contribution in [3.8, 4) is 0 Å². The average molecular weight is 459 g/mol. The number of ether oxygens (including phenoxy) is 1. The molecule has 6 nitrogen and oxygen atoms in total. The Hall–Kier alpha value is -3.67. The maximum Gasteiger partial charge on any atom is 0.306 e. The van der Waals surface area contributed by atoms with Crippen molar-refractivity contribution in [3.63, 3.8) is 0 Å². The first-order valence-corrected chi connectivity index (χ1v) is 11.8. The van der Waals surface area contributed by atoms with Crippen molar-refractivity contribution >= 4 is 17.3 Å². The largest absolute Gasteiger partial charge is 0.489 e. The second-order valence-electron chi connectivity index (χ2n) is 8.99. The molecule has 0 saturated heterocycles. The summed E-state index contributed by atoms with van der Waals surface area (Å²) in [7, 11) is 0. The van der Waals surface area contributed by atoms with Crippen LogP contribution in [0.1, 0.15) is 60.1 Å². The Balaban J connectivity index is 1.30. The van der Waals surface area contributed by atoms with E-state index in [2.05, 4.69) is 16.8 Å². The molecular formula is C28H30N2O4. The topological polar surface area (TPSA) is 92.3 Å². The molecular weight excluding hydrogens is 428 g/mol. The number of aromatic amines is 1. The van der Waals surface area contributed by atoms with Gasteiger partial charge in [0, 0.05) is 23.8 Å². The summed E-state index contributed by atoms with van der Waals surface area (Å²) in [5.41, 5.74) is 4.34. The molecule has 0 radical (unpaired) electrons. The third kappa shape index (κ3) is 6.01. The van der Waals surface area contributed by atoms with Crippen LogP contribution in [0, 0.1) is 11.8 Å². The molecule has 2 N–H and O–H groups in total. The molecule has 0 spiro atoms. The lowest BCUT2D eigenvalue weighted by molar-refractivity contribution is -0.143. The minimum Gasteiger partial charge on any atom is -0.489 e. The van der Waals surface area contributed by atoms with E-state index in [1.54, 1.807) is 6.20 Å². The molecule has 2 aliphatic rings. The summed E-state index contributed by atoms with van der Waals surface area (Å²) in [6.07, 6.45) is 13.9. The van der Waals surface area contributed by atoms with Crippen LogP contribution in [-0.2, 0) is 16.1 Å². The molecule has 6 heteroatoms. The van der Waals surface area contributed by atoms with Gasteiger partial charge in [-0.15, -0.1) is 0 Å². The van der Waals surface area contributed by atoms with Gasteiger partial charge in [-0.1, -0.05) is 30.9 Å². The number of carbonyl (C=O) groups is 2. The van der Waals surface area contributed by atoms with Crippen LogP contribution in [0.25, 0.3) is 5.57 Å². The van der Waals surface area contributed by atoms with E-state index in [4.69, 9.17) is 9.84 Å². The van der Waals surface area contributed by atoms with E-state index in [0.29, 0.717) is 30.3 Å². The summed E-state index contributed by atoms with van der Waals surface area (Å²) in [6.45, 7) is 4.46. The van der Waals surface area contributed by atoms with Gasteiger partial charge in [-0.2, -0.15) is 5.10 Å². The van der Waals surface area contributed by atoms with Gasteiger partial charge in [0.05, 0.1) is 11.6 Å². The monoisotopic (exact) mass is 458 g/mol. The van der Waals surface area contributed by atoms with E-state index in [1.807, 2.05) is 54.6 Å². The standard InChI is InChI=1S/C28H30N2O4/c1-19-5-11-24(12-13-25(19)26-15-16-29-30-26)34-18-21-3-2-4-23(17-21)27(31)14-8-20-6-9-22(10-7-20)28(32)33/h2-5,11-13,15-17,20,22H,1,6-10,14,18H2,(H,29,30)(H,32,33)/t20-,22+. The van der Waals surface area contributed by atoms with E-state index in [0.717, 1.165) is 54.5 Å². The SMILES string of the molecule is C=C1C=CC(OCc2cccc(C(=O)CC[C@H]3CC[C@@H](C(=O)O)CC3)c2)=CC=C1c1ccn[nH]1.